The summed E-state index contributed by atoms with van der Waals surface area (Å²) in [6, 6.07) is 11.6. The second kappa shape index (κ2) is 9.51. The zero-order valence-electron chi connectivity index (χ0n) is 17.1. The summed E-state index contributed by atoms with van der Waals surface area (Å²) in [5.74, 6) is -2.62. The molecular formula is C21H25F3N4O3. The maximum Gasteiger partial charge on any atom is 0.490 e. The number of aromatic nitrogens is 2. The van der Waals surface area contributed by atoms with Crippen molar-refractivity contribution >= 4 is 11.9 Å². The van der Waals surface area contributed by atoms with E-state index in [4.69, 9.17) is 9.90 Å². The van der Waals surface area contributed by atoms with Crippen LogP contribution in [0.15, 0.2) is 42.7 Å². The van der Waals surface area contributed by atoms with Gasteiger partial charge in [-0.3, -0.25) is 14.4 Å². The lowest BCUT2D eigenvalue weighted by atomic mass is 10.1. The molecule has 3 heterocycles. The molecule has 31 heavy (non-hydrogen) atoms. The first-order chi connectivity index (χ1) is 14.7. The SMILES string of the molecule is Cn1cc(C(=O)N2CC[C@@H]3[C@@H]2CCN3CCc2ccccc2)cn1.O=C(O)C(F)(F)F. The Morgan fingerprint density at radius 2 is 1.77 bits per heavy atom. The van der Waals surface area contributed by atoms with E-state index in [1.54, 1.807) is 10.9 Å². The highest BCUT2D eigenvalue weighted by Gasteiger charge is 2.44. The van der Waals surface area contributed by atoms with E-state index in [0.29, 0.717) is 17.6 Å². The first-order valence-corrected chi connectivity index (χ1v) is 10.0. The molecule has 2 aliphatic heterocycles. The molecule has 0 saturated carbocycles. The van der Waals surface area contributed by atoms with Crippen molar-refractivity contribution in [2.24, 2.45) is 7.05 Å². The van der Waals surface area contributed by atoms with Crippen LogP contribution in [0.25, 0.3) is 0 Å². The summed E-state index contributed by atoms with van der Waals surface area (Å²) in [7, 11) is 1.85. The van der Waals surface area contributed by atoms with Crippen molar-refractivity contribution < 1.29 is 27.9 Å². The summed E-state index contributed by atoms with van der Waals surface area (Å²) in [6.45, 7) is 3.05. The molecule has 1 N–H and O–H groups in total. The van der Waals surface area contributed by atoms with Gasteiger partial charge in [0.2, 0.25) is 0 Å². The fourth-order valence-corrected chi connectivity index (χ4v) is 4.22. The fraction of sp³-hybridized carbons (Fsp3) is 0.476. The van der Waals surface area contributed by atoms with Gasteiger partial charge in [-0.05, 0) is 24.8 Å². The number of carboxylic acids is 1. The zero-order valence-corrected chi connectivity index (χ0v) is 17.1. The molecule has 0 spiro atoms. The van der Waals surface area contributed by atoms with Crippen molar-refractivity contribution in [1.82, 2.24) is 19.6 Å². The number of carbonyl (C=O) groups is 2. The van der Waals surface area contributed by atoms with E-state index in [9.17, 15) is 18.0 Å². The van der Waals surface area contributed by atoms with Gasteiger partial charge in [-0.1, -0.05) is 30.3 Å². The maximum atomic E-state index is 12.7. The Morgan fingerprint density at radius 1 is 1.13 bits per heavy atom. The number of carboxylic acid groups (broad SMARTS) is 1. The molecule has 0 aliphatic carbocycles. The number of likely N-dealkylation sites (tertiary alicyclic amines) is 2. The van der Waals surface area contributed by atoms with E-state index < -0.39 is 12.1 Å². The van der Waals surface area contributed by atoms with Crippen LogP contribution < -0.4 is 0 Å². The van der Waals surface area contributed by atoms with Crippen molar-refractivity contribution in [1.29, 1.82) is 0 Å². The number of hydrogen-bond acceptors (Lipinski definition) is 4. The molecule has 10 heteroatoms. The van der Waals surface area contributed by atoms with Crippen LogP contribution in [0.3, 0.4) is 0 Å². The molecule has 2 atom stereocenters. The second-order valence-electron chi connectivity index (χ2n) is 7.69. The number of alkyl halides is 3. The van der Waals surface area contributed by atoms with Crippen molar-refractivity contribution in [3.8, 4) is 0 Å². The van der Waals surface area contributed by atoms with Crippen LogP contribution in [0.2, 0.25) is 0 Å². The molecule has 1 aromatic heterocycles. The molecule has 0 bridgehead atoms. The van der Waals surface area contributed by atoms with Crippen LogP contribution >= 0.6 is 0 Å². The van der Waals surface area contributed by atoms with E-state index in [1.807, 2.05) is 13.2 Å². The van der Waals surface area contributed by atoms with Gasteiger partial charge < -0.3 is 10.0 Å². The molecule has 2 fully saturated rings. The Bertz CT molecular complexity index is 901. The number of carbonyl (C=O) groups excluding carboxylic acids is 1. The molecule has 168 valence electrons. The van der Waals surface area contributed by atoms with Gasteiger partial charge in [0, 0.05) is 45.0 Å². The fourth-order valence-electron chi connectivity index (χ4n) is 4.22. The smallest absolute Gasteiger partial charge is 0.475 e. The van der Waals surface area contributed by atoms with Crippen LogP contribution in [-0.4, -0.2) is 74.5 Å². The summed E-state index contributed by atoms with van der Waals surface area (Å²) in [5.41, 5.74) is 2.10. The quantitative estimate of drug-likeness (QED) is 0.794. The number of aryl methyl sites for hydroxylation is 1. The normalized spacial score (nSPS) is 20.8. The zero-order chi connectivity index (χ0) is 22.6. The van der Waals surface area contributed by atoms with Crippen LogP contribution in [-0.2, 0) is 18.3 Å². The molecular weight excluding hydrogens is 413 g/mol. The van der Waals surface area contributed by atoms with E-state index >= 15 is 0 Å². The van der Waals surface area contributed by atoms with Gasteiger partial charge in [0.1, 0.15) is 0 Å². The number of amides is 1. The summed E-state index contributed by atoms with van der Waals surface area (Å²) in [6.07, 6.45) is 1.67. The third-order valence-electron chi connectivity index (χ3n) is 5.68. The van der Waals surface area contributed by atoms with Crippen LogP contribution in [0.5, 0.6) is 0 Å². The molecule has 0 unspecified atom stereocenters. The highest BCUT2D eigenvalue weighted by atomic mass is 19.4. The van der Waals surface area contributed by atoms with Gasteiger partial charge in [0.15, 0.2) is 0 Å². The average molecular weight is 438 g/mol. The highest BCUT2D eigenvalue weighted by Crippen LogP contribution is 2.32. The maximum absolute atomic E-state index is 12.7. The molecule has 7 nitrogen and oxygen atoms in total. The lowest BCUT2D eigenvalue weighted by molar-refractivity contribution is -0.192. The van der Waals surface area contributed by atoms with Crippen LogP contribution in [0.4, 0.5) is 13.2 Å². The van der Waals surface area contributed by atoms with Crippen molar-refractivity contribution in [3.05, 3.63) is 53.9 Å². The molecule has 4 rings (SSSR count). The highest BCUT2D eigenvalue weighted by molar-refractivity contribution is 5.94. The predicted octanol–water partition coefficient (Wildman–Crippen LogP) is 2.58. The lowest BCUT2D eigenvalue weighted by Gasteiger charge is -2.25. The minimum Gasteiger partial charge on any atom is -0.475 e. The summed E-state index contributed by atoms with van der Waals surface area (Å²) in [5, 5.41) is 11.3. The summed E-state index contributed by atoms with van der Waals surface area (Å²) >= 11 is 0. The van der Waals surface area contributed by atoms with Gasteiger partial charge >= 0.3 is 12.1 Å². The number of aliphatic carboxylic acids is 1. The van der Waals surface area contributed by atoms with Crippen LogP contribution in [0.1, 0.15) is 28.8 Å². The predicted molar refractivity (Wildman–Crippen MR) is 106 cm³/mol. The number of rotatable bonds is 4. The van der Waals surface area contributed by atoms with E-state index in [1.165, 1.54) is 5.56 Å². The first-order valence-electron chi connectivity index (χ1n) is 10.0. The topological polar surface area (TPSA) is 78.7 Å². The van der Waals surface area contributed by atoms with Gasteiger partial charge in [0.05, 0.1) is 11.8 Å². The van der Waals surface area contributed by atoms with Gasteiger partial charge in [-0.15, -0.1) is 0 Å². The average Bonchev–Trinajstić information content (AvgIpc) is 3.43. The van der Waals surface area contributed by atoms with Gasteiger partial charge in [-0.25, -0.2) is 4.79 Å². The Hall–Kier alpha value is -2.88. The van der Waals surface area contributed by atoms with Gasteiger partial charge in [-0.2, -0.15) is 18.3 Å². The third kappa shape index (κ3) is 5.63. The number of fused-ring (bicyclic) bond motifs is 1. The molecule has 2 aromatic rings. The first kappa shape index (κ1) is 22.8. The van der Waals surface area contributed by atoms with Gasteiger partial charge in [0.25, 0.3) is 5.91 Å². The van der Waals surface area contributed by atoms with Crippen LogP contribution in [0, 0.1) is 0 Å². The molecule has 0 radical (unpaired) electrons. The van der Waals surface area contributed by atoms with Crippen molar-refractivity contribution in [3.63, 3.8) is 0 Å². The largest absolute Gasteiger partial charge is 0.490 e. The Kier molecular flexibility index (Phi) is 6.99. The van der Waals surface area contributed by atoms with Crippen molar-refractivity contribution in [2.45, 2.75) is 37.5 Å². The summed E-state index contributed by atoms with van der Waals surface area (Å²) < 4.78 is 33.4. The molecule has 2 saturated heterocycles. The van der Waals surface area contributed by atoms with E-state index in [0.717, 1.165) is 38.9 Å². The number of hydrogen-bond donors (Lipinski definition) is 1. The number of nitrogens with zero attached hydrogens (tertiary/aromatic N) is 4. The monoisotopic (exact) mass is 438 g/mol. The molecule has 1 amide bonds. The number of benzene rings is 1. The molecule has 2 aliphatic rings. The Balaban J connectivity index is 0.000000339. The lowest BCUT2D eigenvalue weighted by Crippen LogP contribution is -2.40. The second-order valence-corrected chi connectivity index (χ2v) is 7.69. The molecule has 1 aromatic carbocycles. The van der Waals surface area contributed by atoms with Crippen molar-refractivity contribution in [2.75, 3.05) is 19.6 Å². The Morgan fingerprint density at radius 3 is 2.35 bits per heavy atom. The number of halogens is 3. The summed E-state index contributed by atoms with van der Waals surface area (Å²) in [4.78, 5) is 26.3. The minimum absolute atomic E-state index is 0.139. The standard InChI is InChI=1S/C19H24N4O.C2HF3O2/c1-21-14-16(13-20-21)19(24)23-12-9-17-18(23)8-11-22(17)10-7-15-5-3-2-4-6-15;3-2(4,5)1(6)7/h2-6,13-14,17-18H,7-12H2,1H3;(H,6,7)/t17-,18+;/m1./s1. The van der Waals surface area contributed by atoms with E-state index in [2.05, 4.69) is 45.2 Å². The Labute approximate surface area is 178 Å². The van der Waals surface area contributed by atoms with E-state index in [-0.39, 0.29) is 5.91 Å². The minimum atomic E-state index is -5.08. The third-order valence-corrected chi connectivity index (χ3v) is 5.68.